The Bertz CT molecular complexity index is 886. The topological polar surface area (TPSA) is 75.7 Å². The van der Waals surface area contributed by atoms with E-state index < -0.39 is 11.9 Å². The van der Waals surface area contributed by atoms with E-state index in [0.717, 1.165) is 24.2 Å². The third-order valence-electron chi connectivity index (χ3n) is 4.46. The number of hydrogen-bond donors (Lipinski definition) is 1. The summed E-state index contributed by atoms with van der Waals surface area (Å²) in [6.45, 7) is 3.11. The average Bonchev–Trinajstić information content (AvgIpc) is 3.29. The quantitative estimate of drug-likeness (QED) is 0.779. The van der Waals surface area contributed by atoms with E-state index in [1.807, 2.05) is 0 Å². The van der Waals surface area contributed by atoms with E-state index in [1.165, 1.54) is 7.11 Å². The highest BCUT2D eigenvalue weighted by molar-refractivity contribution is 7.18. The Labute approximate surface area is 166 Å². The minimum atomic E-state index is -0.587. The summed E-state index contributed by atoms with van der Waals surface area (Å²) in [6, 6.07) is 6.40. The third-order valence-corrected chi connectivity index (χ3v) is 5.90. The minimum absolute atomic E-state index is 0.118. The van der Waals surface area contributed by atoms with Crippen LogP contribution in [-0.4, -0.2) is 42.9 Å². The van der Waals surface area contributed by atoms with E-state index >= 15 is 0 Å². The first kappa shape index (κ1) is 19.4. The largest absolute Gasteiger partial charge is 0.465 e. The maximum absolute atomic E-state index is 12.8. The average molecular weight is 407 g/mol. The number of benzene rings is 1. The zero-order valence-corrected chi connectivity index (χ0v) is 16.6. The number of nitrogens with zero attached hydrogens (tertiary/aromatic N) is 1. The van der Waals surface area contributed by atoms with E-state index in [-0.39, 0.29) is 11.5 Å². The fraction of sp³-hybridized carbons (Fsp3) is 0.316. The molecule has 1 aromatic carbocycles. The monoisotopic (exact) mass is 406 g/mol. The zero-order chi connectivity index (χ0) is 19.6. The van der Waals surface area contributed by atoms with Crippen LogP contribution in [0.3, 0.4) is 0 Å². The lowest BCUT2D eigenvalue weighted by atomic mass is 10.1. The molecule has 2 aromatic rings. The molecule has 6 nitrogen and oxygen atoms in total. The van der Waals surface area contributed by atoms with Gasteiger partial charge in [-0.25, -0.2) is 4.79 Å². The highest BCUT2D eigenvalue weighted by atomic mass is 35.5. The predicted octanol–water partition coefficient (Wildman–Crippen LogP) is 3.98. The molecule has 1 fully saturated rings. The van der Waals surface area contributed by atoms with Crippen LogP contribution in [0.2, 0.25) is 5.02 Å². The molecule has 142 valence electrons. The van der Waals surface area contributed by atoms with Crippen LogP contribution >= 0.6 is 22.9 Å². The number of carbonyl (C=O) groups is 3. The van der Waals surface area contributed by atoms with Crippen molar-refractivity contribution in [3.05, 3.63) is 50.9 Å². The van der Waals surface area contributed by atoms with Crippen molar-refractivity contribution in [1.29, 1.82) is 0 Å². The maximum atomic E-state index is 12.8. The molecule has 1 N–H and O–H groups in total. The van der Waals surface area contributed by atoms with Gasteiger partial charge in [-0.1, -0.05) is 11.6 Å². The Morgan fingerprint density at radius 1 is 1.15 bits per heavy atom. The number of ether oxygens (including phenoxy) is 1. The number of halogens is 1. The second-order valence-electron chi connectivity index (χ2n) is 6.21. The van der Waals surface area contributed by atoms with Gasteiger partial charge in [-0.15, -0.1) is 11.3 Å². The molecule has 1 aliphatic heterocycles. The van der Waals surface area contributed by atoms with E-state index in [4.69, 9.17) is 16.3 Å². The van der Waals surface area contributed by atoms with Gasteiger partial charge >= 0.3 is 5.97 Å². The van der Waals surface area contributed by atoms with Gasteiger partial charge in [-0.3, -0.25) is 9.59 Å². The number of likely N-dealkylation sites (tertiary alicyclic amines) is 1. The molecule has 1 saturated heterocycles. The van der Waals surface area contributed by atoms with Crippen LogP contribution in [-0.2, 0) is 4.74 Å². The molecule has 0 atom stereocenters. The van der Waals surface area contributed by atoms with Crippen molar-refractivity contribution in [2.45, 2.75) is 19.8 Å². The van der Waals surface area contributed by atoms with Gasteiger partial charge in [-0.05, 0) is 49.6 Å². The third kappa shape index (κ3) is 3.99. The first-order valence-corrected chi connectivity index (χ1v) is 9.69. The Balaban J connectivity index is 1.94. The molecule has 3 rings (SSSR count). The van der Waals surface area contributed by atoms with Gasteiger partial charge in [0.05, 0.1) is 17.6 Å². The van der Waals surface area contributed by atoms with Crippen molar-refractivity contribution >= 4 is 45.7 Å². The van der Waals surface area contributed by atoms with E-state index in [9.17, 15) is 14.4 Å². The van der Waals surface area contributed by atoms with Crippen LogP contribution < -0.4 is 5.32 Å². The van der Waals surface area contributed by atoms with E-state index in [2.05, 4.69) is 5.32 Å². The fourth-order valence-electron chi connectivity index (χ4n) is 2.99. The number of esters is 1. The molecule has 0 aliphatic carbocycles. The molecular weight excluding hydrogens is 388 g/mol. The maximum Gasteiger partial charge on any atom is 0.341 e. The summed E-state index contributed by atoms with van der Waals surface area (Å²) in [5.41, 5.74) is 1.14. The van der Waals surface area contributed by atoms with Gasteiger partial charge in [0, 0.05) is 23.7 Å². The highest BCUT2D eigenvalue weighted by Crippen LogP contribution is 2.35. The summed E-state index contributed by atoms with van der Waals surface area (Å²) in [7, 11) is 1.27. The van der Waals surface area contributed by atoms with Crippen molar-refractivity contribution in [3.63, 3.8) is 0 Å². The molecule has 2 heterocycles. The van der Waals surface area contributed by atoms with Crippen LogP contribution in [0.25, 0.3) is 0 Å². The Morgan fingerprint density at radius 2 is 1.78 bits per heavy atom. The van der Waals surface area contributed by atoms with Crippen LogP contribution in [0.1, 0.15) is 48.8 Å². The van der Waals surface area contributed by atoms with Crippen LogP contribution in [0.15, 0.2) is 24.3 Å². The molecule has 0 unspecified atom stereocenters. The molecular formula is C19H19ClN2O4S. The normalized spacial score (nSPS) is 13.5. The summed E-state index contributed by atoms with van der Waals surface area (Å²) in [5, 5.41) is 3.56. The van der Waals surface area contributed by atoms with E-state index in [0.29, 0.717) is 39.1 Å². The number of carbonyl (C=O) groups excluding carboxylic acids is 3. The molecule has 1 aliphatic rings. The number of methoxy groups -OCH3 is 1. The molecule has 0 radical (unpaired) electrons. The second-order valence-corrected chi connectivity index (χ2v) is 7.67. The van der Waals surface area contributed by atoms with Crippen LogP contribution in [0.4, 0.5) is 5.00 Å². The number of thiophene rings is 1. The molecule has 27 heavy (non-hydrogen) atoms. The standard InChI is InChI=1S/C19H19ClN2O4S/c1-11-14(19(25)26-2)17(21-16(23)12-5-7-13(20)8-6-12)27-15(11)18(24)22-9-3-4-10-22/h5-8H,3-4,9-10H2,1-2H3,(H,21,23). The van der Waals surface area contributed by atoms with Gasteiger partial charge in [0.1, 0.15) is 5.00 Å². The van der Waals surface area contributed by atoms with Crippen LogP contribution in [0, 0.1) is 6.92 Å². The lowest BCUT2D eigenvalue weighted by Gasteiger charge is -2.14. The second kappa shape index (κ2) is 8.10. The first-order valence-electron chi connectivity index (χ1n) is 8.50. The lowest BCUT2D eigenvalue weighted by Crippen LogP contribution is -2.27. The molecule has 2 amide bonds. The van der Waals surface area contributed by atoms with E-state index in [1.54, 1.807) is 36.1 Å². The van der Waals surface area contributed by atoms with Gasteiger partial charge < -0.3 is 15.0 Å². The number of rotatable bonds is 4. The van der Waals surface area contributed by atoms with Crippen molar-refractivity contribution in [3.8, 4) is 0 Å². The lowest BCUT2D eigenvalue weighted by molar-refractivity contribution is 0.0601. The first-order chi connectivity index (χ1) is 12.9. The zero-order valence-electron chi connectivity index (χ0n) is 15.0. The fourth-order valence-corrected chi connectivity index (χ4v) is 4.28. The van der Waals surface area contributed by atoms with Crippen molar-refractivity contribution in [2.24, 2.45) is 0 Å². The van der Waals surface area contributed by atoms with Gasteiger partial charge in [-0.2, -0.15) is 0 Å². The molecule has 8 heteroatoms. The van der Waals surface area contributed by atoms with Crippen molar-refractivity contribution < 1.29 is 19.1 Å². The molecule has 1 aromatic heterocycles. The number of hydrogen-bond acceptors (Lipinski definition) is 5. The summed E-state index contributed by atoms with van der Waals surface area (Å²) in [5.74, 6) is -1.10. The summed E-state index contributed by atoms with van der Waals surface area (Å²) in [6.07, 6.45) is 1.94. The summed E-state index contributed by atoms with van der Waals surface area (Å²) < 4.78 is 4.85. The summed E-state index contributed by atoms with van der Waals surface area (Å²) >= 11 is 6.95. The number of nitrogens with one attached hydrogen (secondary N) is 1. The number of amides is 2. The molecule has 0 saturated carbocycles. The Morgan fingerprint density at radius 3 is 2.37 bits per heavy atom. The molecule has 0 bridgehead atoms. The highest BCUT2D eigenvalue weighted by Gasteiger charge is 2.29. The van der Waals surface area contributed by atoms with Gasteiger partial charge in [0.25, 0.3) is 11.8 Å². The summed E-state index contributed by atoms with van der Waals surface area (Å²) in [4.78, 5) is 39.8. The van der Waals surface area contributed by atoms with Crippen LogP contribution in [0.5, 0.6) is 0 Å². The van der Waals surface area contributed by atoms with Gasteiger partial charge in [0.2, 0.25) is 0 Å². The minimum Gasteiger partial charge on any atom is -0.465 e. The van der Waals surface area contributed by atoms with Gasteiger partial charge in [0.15, 0.2) is 0 Å². The molecule has 0 spiro atoms. The van der Waals surface area contributed by atoms with Crippen molar-refractivity contribution in [1.82, 2.24) is 4.90 Å². The smallest absolute Gasteiger partial charge is 0.341 e. The predicted molar refractivity (Wildman–Crippen MR) is 105 cm³/mol. The van der Waals surface area contributed by atoms with Crippen molar-refractivity contribution in [2.75, 3.05) is 25.5 Å². The Hall–Kier alpha value is -2.38. The Kier molecular flexibility index (Phi) is 5.82. The SMILES string of the molecule is COC(=O)c1c(NC(=O)c2ccc(Cl)cc2)sc(C(=O)N2CCCC2)c1C. The number of anilines is 1.